The number of carbonyl (C=O) groups excluding carboxylic acids is 1. The molecule has 2 N–H and O–H groups in total. The Labute approximate surface area is 102 Å². The van der Waals surface area contributed by atoms with E-state index in [-0.39, 0.29) is 11.9 Å². The molecule has 1 amide bonds. The number of rotatable bonds is 6. The molecule has 0 saturated heterocycles. The third-order valence-corrected chi connectivity index (χ3v) is 3.25. The number of furan rings is 1. The molecule has 1 heterocycles. The second-order valence-electron chi connectivity index (χ2n) is 4.81. The Morgan fingerprint density at radius 2 is 2.29 bits per heavy atom. The number of hydrogen-bond donors (Lipinski definition) is 2. The summed E-state index contributed by atoms with van der Waals surface area (Å²) in [6, 6.07) is 3.95. The molecule has 0 spiro atoms. The lowest BCUT2D eigenvalue weighted by Crippen LogP contribution is -2.46. The van der Waals surface area contributed by atoms with E-state index >= 15 is 0 Å². The quantitative estimate of drug-likeness (QED) is 0.790. The highest BCUT2D eigenvalue weighted by molar-refractivity contribution is 5.81. The first-order chi connectivity index (χ1) is 8.16. The Hall–Kier alpha value is -1.29. The first-order valence-corrected chi connectivity index (χ1v) is 6.23. The van der Waals surface area contributed by atoms with Crippen LogP contribution in [0.15, 0.2) is 22.8 Å². The van der Waals surface area contributed by atoms with Gasteiger partial charge in [0, 0.05) is 6.04 Å². The van der Waals surface area contributed by atoms with Gasteiger partial charge in [-0.2, -0.15) is 0 Å². The van der Waals surface area contributed by atoms with E-state index in [0.717, 1.165) is 11.7 Å². The summed E-state index contributed by atoms with van der Waals surface area (Å²) in [6.45, 7) is 4.50. The molecule has 4 nitrogen and oxygen atoms in total. The van der Waals surface area contributed by atoms with Crippen molar-refractivity contribution in [1.29, 1.82) is 0 Å². The summed E-state index contributed by atoms with van der Waals surface area (Å²) >= 11 is 0. The van der Waals surface area contributed by atoms with Crippen molar-refractivity contribution in [3.63, 3.8) is 0 Å². The summed E-state index contributed by atoms with van der Waals surface area (Å²) in [5.41, 5.74) is 0. The Morgan fingerprint density at radius 3 is 2.88 bits per heavy atom. The van der Waals surface area contributed by atoms with Crippen molar-refractivity contribution in [1.82, 2.24) is 10.6 Å². The predicted octanol–water partition coefficient (Wildman–Crippen LogP) is 1.67. The molecule has 0 aliphatic heterocycles. The summed E-state index contributed by atoms with van der Waals surface area (Å²) in [5.74, 6) is 1.56. The number of carbonyl (C=O) groups is 1. The van der Waals surface area contributed by atoms with Crippen LogP contribution < -0.4 is 10.6 Å². The van der Waals surface area contributed by atoms with Gasteiger partial charge in [-0.15, -0.1) is 0 Å². The largest absolute Gasteiger partial charge is 0.467 e. The van der Waals surface area contributed by atoms with Gasteiger partial charge in [0.15, 0.2) is 0 Å². The number of nitrogens with one attached hydrogen (secondary N) is 2. The number of hydrogen-bond acceptors (Lipinski definition) is 3. The van der Waals surface area contributed by atoms with E-state index in [1.165, 1.54) is 12.8 Å². The lowest BCUT2D eigenvalue weighted by atomic mass is 10.2. The smallest absolute Gasteiger partial charge is 0.237 e. The zero-order chi connectivity index (χ0) is 12.3. The van der Waals surface area contributed by atoms with Crippen molar-refractivity contribution in [3.8, 4) is 0 Å². The molecule has 1 aromatic rings. The van der Waals surface area contributed by atoms with Gasteiger partial charge < -0.3 is 15.1 Å². The standard InChI is InChI=1S/C13H20N2O2/c1-9(11-5-6-11)15-10(2)13(16)14-8-12-4-3-7-17-12/h3-4,7,9-11,15H,5-6,8H2,1-2H3,(H,14,16). The predicted molar refractivity (Wildman–Crippen MR) is 65.3 cm³/mol. The fraction of sp³-hybridized carbons (Fsp3) is 0.615. The Balaban J connectivity index is 1.71. The first kappa shape index (κ1) is 12.2. The second-order valence-corrected chi connectivity index (χ2v) is 4.81. The molecule has 2 atom stereocenters. The van der Waals surface area contributed by atoms with Crippen molar-refractivity contribution in [2.24, 2.45) is 5.92 Å². The van der Waals surface area contributed by atoms with Crippen molar-refractivity contribution in [3.05, 3.63) is 24.2 Å². The van der Waals surface area contributed by atoms with E-state index in [1.807, 2.05) is 19.1 Å². The van der Waals surface area contributed by atoms with Crippen LogP contribution in [-0.2, 0) is 11.3 Å². The molecule has 1 aliphatic rings. The molecule has 2 rings (SSSR count). The Bertz CT molecular complexity index is 358. The maximum Gasteiger partial charge on any atom is 0.237 e. The zero-order valence-electron chi connectivity index (χ0n) is 10.4. The average molecular weight is 236 g/mol. The molecule has 4 heteroatoms. The Morgan fingerprint density at radius 1 is 1.53 bits per heavy atom. The fourth-order valence-corrected chi connectivity index (χ4v) is 1.94. The SMILES string of the molecule is CC(NC(C)C1CC1)C(=O)NCc1ccco1. The lowest BCUT2D eigenvalue weighted by molar-refractivity contribution is -0.123. The van der Waals surface area contributed by atoms with E-state index < -0.39 is 0 Å². The van der Waals surface area contributed by atoms with Gasteiger partial charge in [0.25, 0.3) is 0 Å². The molecular formula is C13H20N2O2. The highest BCUT2D eigenvalue weighted by atomic mass is 16.3. The molecular weight excluding hydrogens is 216 g/mol. The second kappa shape index (κ2) is 5.36. The summed E-state index contributed by atoms with van der Waals surface area (Å²) in [6.07, 6.45) is 4.18. The monoisotopic (exact) mass is 236 g/mol. The normalized spacial score (nSPS) is 18.7. The minimum atomic E-state index is -0.152. The molecule has 1 aromatic heterocycles. The van der Waals surface area contributed by atoms with Crippen molar-refractivity contribution >= 4 is 5.91 Å². The summed E-state index contributed by atoms with van der Waals surface area (Å²) in [5, 5.41) is 6.18. The van der Waals surface area contributed by atoms with E-state index in [2.05, 4.69) is 17.6 Å². The minimum absolute atomic E-state index is 0.0221. The lowest BCUT2D eigenvalue weighted by Gasteiger charge is -2.18. The van der Waals surface area contributed by atoms with Gasteiger partial charge in [0.05, 0.1) is 18.8 Å². The van der Waals surface area contributed by atoms with Gasteiger partial charge in [-0.1, -0.05) is 0 Å². The van der Waals surface area contributed by atoms with Gasteiger partial charge in [-0.05, 0) is 44.7 Å². The average Bonchev–Trinajstić information content (AvgIpc) is 3.04. The van der Waals surface area contributed by atoms with Crippen LogP contribution in [0.2, 0.25) is 0 Å². The van der Waals surface area contributed by atoms with Crippen LogP contribution in [0.3, 0.4) is 0 Å². The van der Waals surface area contributed by atoms with E-state index in [0.29, 0.717) is 12.6 Å². The van der Waals surface area contributed by atoms with Gasteiger partial charge in [-0.25, -0.2) is 0 Å². The number of amides is 1. The molecule has 0 aromatic carbocycles. The van der Waals surface area contributed by atoms with E-state index in [4.69, 9.17) is 4.42 Å². The van der Waals surface area contributed by atoms with E-state index in [9.17, 15) is 4.79 Å². The summed E-state index contributed by atoms with van der Waals surface area (Å²) in [4.78, 5) is 11.8. The highest BCUT2D eigenvalue weighted by Gasteiger charge is 2.29. The molecule has 0 bridgehead atoms. The zero-order valence-corrected chi connectivity index (χ0v) is 10.4. The van der Waals surface area contributed by atoms with Crippen LogP contribution in [0, 0.1) is 5.92 Å². The van der Waals surface area contributed by atoms with Crippen LogP contribution >= 0.6 is 0 Å². The van der Waals surface area contributed by atoms with Crippen molar-refractivity contribution in [2.45, 2.75) is 45.3 Å². The third kappa shape index (κ3) is 3.60. The van der Waals surface area contributed by atoms with Crippen LogP contribution in [0.25, 0.3) is 0 Å². The summed E-state index contributed by atoms with van der Waals surface area (Å²) in [7, 11) is 0. The maximum atomic E-state index is 11.8. The van der Waals surface area contributed by atoms with Crippen molar-refractivity contribution < 1.29 is 9.21 Å². The summed E-state index contributed by atoms with van der Waals surface area (Å²) < 4.78 is 5.16. The van der Waals surface area contributed by atoms with Crippen LogP contribution in [0.5, 0.6) is 0 Å². The minimum Gasteiger partial charge on any atom is -0.467 e. The van der Waals surface area contributed by atoms with Crippen LogP contribution in [0.1, 0.15) is 32.4 Å². The third-order valence-electron chi connectivity index (χ3n) is 3.25. The molecule has 1 aliphatic carbocycles. The molecule has 2 unspecified atom stereocenters. The molecule has 17 heavy (non-hydrogen) atoms. The molecule has 94 valence electrons. The van der Waals surface area contributed by atoms with Gasteiger partial charge in [0.1, 0.15) is 5.76 Å². The maximum absolute atomic E-state index is 11.8. The van der Waals surface area contributed by atoms with Gasteiger partial charge in [-0.3, -0.25) is 4.79 Å². The van der Waals surface area contributed by atoms with Gasteiger partial charge in [0.2, 0.25) is 5.91 Å². The van der Waals surface area contributed by atoms with E-state index in [1.54, 1.807) is 6.26 Å². The fourth-order valence-electron chi connectivity index (χ4n) is 1.94. The van der Waals surface area contributed by atoms with Gasteiger partial charge >= 0.3 is 0 Å². The van der Waals surface area contributed by atoms with Crippen molar-refractivity contribution in [2.75, 3.05) is 0 Å². The first-order valence-electron chi connectivity index (χ1n) is 6.23. The Kier molecular flexibility index (Phi) is 3.84. The molecule has 1 fully saturated rings. The van der Waals surface area contributed by atoms with Crippen LogP contribution in [-0.4, -0.2) is 18.0 Å². The molecule has 0 radical (unpaired) electrons. The topological polar surface area (TPSA) is 54.3 Å². The molecule has 1 saturated carbocycles. The van der Waals surface area contributed by atoms with Crippen LogP contribution in [0.4, 0.5) is 0 Å². The highest BCUT2D eigenvalue weighted by Crippen LogP contribution is 2.32.